The molecule has 2 fully saturated rings. The molecule has 2 atom stereocenters. The Hall–Kier alpha value is -0.0800. The molecule has 1 heterocycles. The van der Waals surface area contributed by atoms with E-state index >= 15 is 0 Å². The largest absolute Gasteiger partial charge is 0.324 e. The predicted molar refractivity (Wildman–Crippen MR) is 32.6 cm³/mol. The van der Waals surface area contributed by atoms with Crippen LogP contribution in [-0.4, -0.2) is 18.1 Å². The summed E-state index contributed by atoms with van der Waals surface area (Å²) in [5.74, 6) is 0. The van der Waals surface area contributed by atoms with E-state index in [2.05, 4.69) is 5.32 Å². The fourth-order valence-electron chi connectivity index (χ4n) is 1.57. The van der Waals surface area contributed by atoms with E-state index in [9.17, 15) is 0 Å². The standard InChI is InChI=1S/C6H12N2/c7-6-2-1-3-8-5(6)4-6/h5,8H,1-4,7H2. The van der Waals surface area contributed by atoms with Crippen LogP contribution in [0.2, 0.25) is 0 Å². The smallest absolute Gasteiger partial charge is 0.0326 e. The van der Waals surface area contributed by atoms with Gasteiger partial charge in [0.25, 0.3) is 0 Å². The highest BCUT2D eigenvalue weighted by Gasteiger charge is 2.51. The van der Waals surface area contributed by atoms with E-state index in [1.54, 1.807) is 0 Å². The second-order valence-electron chi connectivity index (χ2n) is 3.05. The van der Waals surface area contributed by atoms with Crippen LogP contribution >= 0.6 is 0 Å². The molecule has 0 radical (unpaired) electrons. The van der Waals surface area contributed by atoms with E-state index in [4.69, 9.17) is 5.73 Å². The SMILES string of the molecule is NC12CCCNC1C2. The Morgan fingerprint density at radius 3 is 3.00 bits per heavy atom. The first-order valence-electron chi connectivity index (χ1n) is 3.33. The Morgan fingerprint density at radius 2 is 2.50 bits per heavy atom. The third-order valence-electron chi connectivity index (χ3n) is 2.33. The number of piperidine rings is 1. The van der Waals surface area contributed by atoms with E-state index in [1.165, 1.54) is 25.8 Å². The molecule has 0 amide bonds. The third-order valence-corrected chi connectivity index (χ3v) is 2.33. The fourth-order valence-corrected chi connectivity index (χ4v) is 1.57. The zero-order valence-electron chi connectivity index (χ0n) is 4.98. The van der Waals surface area contributed by atoms with Crippen molar-refractivity contribution >= 4 is 0 Å². The molecular weight excluding hydrogens is 100 g/mol. The van der Waals surface area contributed by atoms with Crippen LogP contribution < -0.4 is 11.1 Å². The van der Waals surface area contributed by atoms with E-state index in [0.717, 1.165) is 0 Å². The van der Waals surface area contributed by atoms with Crippen LogP contribution in [0.1, 0.15) is 19.3 Å². The average Bonchev–Trinajstić information content (AvgIpc) is 2.39. The summed E-state index contributed by atoms with van der Waals surface area (Å²) in [5.41, 5.74) is 6.12. The molecule has 2 nitrogen and oxygen atoms in total. The second-order valence-corrected chi connectivity index (χ2v) is 3.05. The lowest BCUT2D eigenvalue weighted by Crippen LogP contribution is -2.39. The van der Waals surface area contributed by atoms with Crippen molar-refractivity contribution in [2.24, 2.45) is 5.73 Å². The van der Waals surface area contributed by atoms with E-state index in [0.29, 0.717) is 6.04 Å². The van der Waals surface area contributed by atoms with Gasteiger partial charge < -0.3 is 11.1 Å². The van der Waals surface area contributed by atoms with Gasteiger partial charge in [-0.3, -0.25) is 0 Å². The molecule has 1 saturated heterocycles. The van der Waals surface area contributed by atoms with Gasteiger partial charge >= 0.3 is 0 Å². The molecule has 1 aliphatic carbocycles. The van der Waals surface area contributed by atoms with Crippen molar-refractivity contribution in [2.75, 3.05) is 6.54 Å². The first-order chi connectivity index (χ1) is 3.81. The summed E-state index contributed by atoms with van der Waals surface area (Å²) < 4.78 is 0. The molecule has 1 saturated carbocycles. The highest BCUT2D eigenvalue weighted by atomic mass is 15.1. The molecule has 0 aromatic heterocycles. The molecule has 8 heavy (non-hydrogen) atoms. The Bertz CT molecular complexity index is 111. The van der Waals surface area contributed by atoms with Crippen LogP contribution in [0.15, 0.2) is 0 Å². The molecule has 2 unspecified atom stereocenters. The van der Waals surface area contributed by atoms with Crippen molar-refractivity contribution in [1.29, 1.82) is 0 Å². The topological polar surface area (TPSA) is 38.0 Å². The molecule has 2 aliphatic rings. The van der Waals surface area contributed by atoms with Gasteiger partial charge in [0.1, 0.15) is 0 Å². The first-order valence-corrected chi connectivity index (χ1v) is 3.33. The lowest BCUT2D eigenvalue weighted by Gasteiger charge is -2.17. The zero-order chi connectivity index (χ0) is 5.61. The molecule has 2 rings (SSSR count). The van der Waals surface area contributed by atoms with Gasteiger partial charge in [-0.1, -0.05) is 0 Å². The third kappa shape index (κ3) is 0.501. The number of nitrogens with two attached hydrogens (primary N) is 1. The lowest BCUT2D eigenvalue weighted by atomic mass is 10.1. The Kier molecular flexibility index (Phi) is 0.746. The van der Waals surface area contributed by atoms with Gasteiger partial charge in [-0.15, -0.1) is 0 Å². The van der Waals surface area contributed by atoms with Gasteiger partial charge in [0.15, 0.2) is 0 Å². The second kappa shape index (κ2) is 1.25. The van der Waals surface area contributed by atoms with Crippen LogP contribution in [0.25, 0.3) is 0 Å². The maximum absolute atomic E-state index is 5.89. The highest BCUT2D eigenvalue weighted by molar-refractivity contribution is 5.15. The lowest BCUT2D eigenvalue weighted by molar-refractivity contribution is 0.452. The van der Waals surface area contributed by atoms with Crippen LogP contribution in [0, 0.1) is 0 Å². The number of nitrogens with one attached hydrogen (secondary N) is 1. The Balaban J connectivity index is 2.04. The van der Waals surface area contributed by atoms with E-state index in [-0.39, 0.29) is 5.54 Å². The van der Waals surface area contributed by atoms with Crippen molar-refractivity contribution in [2.45, 2.75) is 30.8 Å². The number of hydrogen-bond donors (Lipinski definition) is 2. The summed E-state index contributed by atoms with van der Waals surface area (Å²) in [5, 5.41) is 3.37. The quantitative estimate of drug-likeness (QED) is 0.457. The minimum Gasteiger partial charge on any atom is -0.324 e. The summed E-state index contributed by atoms with van der Waals surface area (Å²) in [6, 6.07) is 0.677. The summed E-state index contributed by atoms with van der Waals surface area (Å²) in [6.45, 7) is 1.18. The van der Waals surface area contributed by atoms with E-state index in [1.807, 2.05) is 0 Å². The minimum atomic E-state index is 0.234. The van der Waals surface area contributed by atoms with Crippen LogP contribution in [0.4, 0.5) is 0 Å². The zero-order valence-corrected chi connectivity index (χ0v) is 4.98. The van der Waals surface area contributed by atoms with E-state index < -0.39 is 0 Å². The van der Waals surface area contributed by atoms with Crippen LogP contribution in [0.5, 0.6) is 0 Å². The molecule has 0 aromatic rings. The minimum absolute atomic E-state index is 0.234. The fraction of sp³-hybridized carbons (Fsp3) is 1.00. The van der Waals surface area contributed by atoms with Gasteiger partial charge in [0.05, 0.1) is 0 Å². The molecule has 2 heteroatoms. The van der Waals surface area contributed by atoms with Gasteiger partial charge in [0, 0.05) is 11.6 Å². The van der Waals surface area contributed by atoms with Crippen molar-refractivity contribution in [1.82, 2.24) is 5.32 Å². The van der Waals surface area contributed by atoms with Crippen LogP contribution in [-0.2, 0) is 0 Å². The molecule has 46 valence electrons. The maximum atomic E-state index is 5.89. The van der Waals surface area contributed by atoms with Crippen molar-refractivity contribution in [3.05, 3.63) is 0 Å². The normalized spacial score (nSPS) is 52.9. The number of rotatable bonds is 0. The molecule has 0 bridgehead atoms. The van der Waals surface area contributed by atoms with Crippen molar-refractivity contribution < 1.29 is 0 Å². The first kappa shape index (κ1) is 4.77. The van der Waals surface area contributed by atoms with Gasteiger partial charge in [0.2, 0.25) is 0 Å². The summed E-state index contributed by atoms with van der Waals surface area (Å²) in [7, 11) is 0. The Labute approximate surface area is 49.4 Å². The molecule has 0 aromatic carbocycles. The predicted octanol–water partition coefficient (Wildman–Crippen LogP) is -0.160. The average molecular weight is 112 g/mol. The number of hydrogen-bond acceptors (Lipinski definition) is 2. The summed E-state index contributed by atoms with van der Waals surface area (Å²) in [6.07, 6.45) is 3.73. The monoisotopic (exact) mass is 112 g/mol. The molecule has 1 aliphatic heterocycles. The highest BCUT2D eigenvalue weighted by Crippen LogP contribution is 2.39. The van der Waals surface area contributed by atoms with Gasteiger partial charge in [-0.25, -0.2) is 0 Å². The van der Waals surface area contributed by atoms with Crippen LogP contribution in [0.3, 0.4) is 0 Å². The van der Waals surface area contributed by atoms with Gasteiger partial charge in [-0.05, 0) is 25.8 Å². The number of fused-ring (bicyclic) bond motifs is 1. The molecular formula is C6H12N2. The summed E-state index contributed by atoms with van der Waals surface area (Å²) in [4.78, 5) is 0. The summed E-state index contributed by atoms with van der Waals surface area (Å²) >= 11 is 0. The Morgan fingerprint density at radius 1 is 1.62 bits per heavy atom. The maximum Gasteiger partial charge on any atom is 0.0326 e. The molecule has 0 spiro atoms. The van der Waals surface area contributed by atoms with Gasteiger partial charge in [-0.2, -0.15) is 0 Å². The van der Waals surface area contributed by atoms with Crippen molar-refractivity contribution in [3.8, 4) is 0 Å². The van der Waals surface area contributed by atoms with Crippen molar-refractivity contribution in [3.63, 3.8) is 0 Å². The molecule has 3 N–H and O–H groups in total.